The minimum absolute atomic E-state index is 0.111. The van der Waals surface area contributed by atoms with Gasteiger partial charge in [0.1, 0.15) is 11.6 Å². The van der Waals surface area contributed by atoms with Crippen LogP contribution in [0.3, 0.4) is 0 Å². The number of ketones is 1. The molecule has 168 valence electrons. The molecule has 5 rings (SSSR count). The van der Waals surface area contributed by atoms with Crippen molar-refractivity contribution in [3.05, 3.63) is 57.0 Å². The SMILES string of the molecule is CCCOc1ccc([C@H]2C3=C(CCCC3=O)Nc3nc(N4CCCCC4)[nH]c(=O)c32)cc1. The number of hydrogen-bond acceptors (Lipinski definition) is 6. The van der Waals surface area contributed by atoms with Crippen LogP contribution in [0.4, 0.5) is 11.8 Å². The van der Waals surface area contributed by atoms with Crippen LogP contribution in [-0.2, 0) is 4.79 Å². The van der Waals surface area contributed by atoms with Crippen LogP contribution in [0.5, 0.6) is 5.75 Å². The van der Waals surface area contributed by atoms with Gasteiger partial charge in [0.2, 0.25) is 5.95 Å². The smallest absolute Gasteiger partial charge is 0.258 e. The summed E-state index contributed by atoms with van der Waals surface area (Å²) >= 11 is 0. The average Bonchev–Trinajstić information content (AvgIpc) is 2.82. The summed E-state index contributed by atoms with van der Waals surface area (Å²) in [5.74, 6) is 1.69. The topological polar surface area (TPSA) is 87.3 Å². The van der Waals surface area contributed by atoms with Crippen LogP contribution in [0.2, 0.25) is 0 Å². The Morgan fingerprint density at radius 1 is 1.06 bits per heavy atom. The quantitative estimate of drug-likeness (QED) is 0.736. The summed E-state index contributed by atoms with van der Waals surface area (Å²) in [6.45, 7) is 4.53. The van der Waals surface area contributed by atoms with Crippen molar-refractivity contribution in [2.24, 2.45) is 0 Å². The zero-order chi connectivity index (χ0) is 22.1. The molecule has 0 bridgehead atoms. The van der Waals surface area contributed by atoms with Crippen molar-refractivity contribution in [3.63, 3.8) is 0 Å². The van der Waals surface area contributed by atoms with Gasteiger partial charge in [-0.15, -0.1) is 0 Å². The van der Waals surface area contributed by atoms with E-state index in [2.05, 4.69) is 22.1 Å². The molecular formula is C25H30N4O3. The van der Waals surface area contributed by atoms with Gasteiger partial charge in [0.25, 0.3) is 5.56 Å². The highest BCUT2D eigenvalue weighted by molar-refractivity contribution is 6.00. The van der Waals surface area contributed by atoms with E-state index < -0.39 is 5.92 Å². The predicted octanol–water partition coefficient (Wildman–Crippen LogP) is 4.11. The predicted molar refractivity (Wildman–Crippen MR) is 124 cm³/mol. The summed E-state index contributed by atoms with van der Waals surface area (Å²) in [5.41, 5.74) is 2.89. The van der Waals surface area contributed by atoms with E-state index in [9.17, 15) is 9.59 Å². The zero-order valence-corrected chi connectivity index (χ0v) is 18.6. The molecule has 32 heavy (non-hydrogen) atoms. The Labute approximate surface area is 187 Å². The molecular weight excluding hydrogens is 404 g/mol. The summed E-state index contributed by atoms with van der Waals surface area (Å²) in [5, 5.41) is 3.37. The molecule has 2 aromatic rings. The molecule has 1 saturated heterocycles. The van der Waals surface area contributed by atoms with Crippen molar-refractivity contribution in [3.8, 4) is 5.75 Å². The summed E-state index contributed by atoms with van der Waals surface area (Å²) in [6.07, 6.45) is 6.49. The van der Waals surface area contributed by atoms with E-state index in [4.69, 9.17) is 9.72 Å². The van der Waals surface area contributed by atoms with Crippen LogP contribution in [0.1, 0.15) is 68.9 Å². The molecule has 2 N–H and O–H groups in total. The minimum atomic E-state index is -0.416. The molecule has 0 spiro atoms. The molecule has 1 aromatic carbocycles. The van der Waals surface area contributed by atoms with Crippen LogP contribution in [0.25, 0.3) is 0 Å². The molecule has 7 heteroatoms. The van der Waals surface area contributed by atoms with E-state index in [0.717, 1.165) is 62.2 Å². The molecule has 7 nitrogen and oxygen atoms in total. The second-order valence-corrected chi connectivity index (χ2v) is 8.84. The number of Topliss-reactive ketones (excluding diaryl/α,β-unsaturated/α-hetero) is 1. The number of aromatic amines is 1. The summed E-state index contributed by atoms with van der Waals surface area (Å²) in [7, 11) is 0. The Balaban J connectivity index is 1.59. The lowest BCUT2D eigenvalue weighted by molar-refractivity contribution is -0.116. The normalized spacial score (nSPS) is 20.5. The van der Waals surface area contributed by atoms with Crippen molar-refractivity contribution in [1.29, 1.82) is 0 Å². The summed E-state index contributed by atoms with van der Waals surface area (Å²) in [4.78, 5) is 36.4. The van der Waals surface area contributed by atoms with Crippen LogP contribution >= 0.6 is 0 Å². The molecule has 1 atom stereocenters. The summed E-state index contributed by atoms with van der Waals surface area (Å²) in [6, 6.07) is 7.78. The highest BCUT2D eigenvalue weighted by Gasteiger charge is 2.38. The van der Waals surface area contributed by atoms with Crippen LogP contribution in [0.15, 0.2) is 40.3 Å². The van der Waals surface area contributed by atoms with E-state index in [1.54, 1.807) is 0 Å². The number of carbonyl (C=O) groups excluding carboxylic acids is 1. The van der Waals surface area contributed by atoms with E-state index in [0.29, 0.717) is 35.9 Å². The highest BCUT2D eigenvalue weighted by atomic mass is 16.5. The van der Waals surface area contributed by atoms with Gasteiger partial charge in [-0.2, -0.15) is 4.98 Å². The first kappa shape index (κ1) is 20.8. The van der Waals surface area contributed by atoms with Crippen molar-refractivity contribution < 1.29 is 9.53 Å². The molecule has 0 saturated carbocycles. The second kappa shape index (κ2) is 8.81. The van der Waals surface area contributed by atoms with Gasteiger partial charge in [-0.05, 0) is 56.2 Å². The fourth-order valence-corrected chi connectivity index (χ4v) is 5.01. The Morgan fingerprint density at radius 3 is 2.59 bits per heavy atom. The van der Waals surface area contributed by atoms with E-state index in [-0.39, 0.29) is 11.3 Å². The number of anilines is 2. The fraction of sp³-hybridized carbons (Fsp3) is 0.480. The number of aromatic nitrogens is 2. The summed E-state index contributed by atoms with van der Waals surface area (Å²) < 4.78 is 5.72. The molecule has 3 heterocycles. The largest absolute Gasteiger partial charge is 0.494 e. The van der Waals surface area contributed by atoms with E-state index in [1.165, 1.54) is 6.42 Å². The number of fused-ring (bicyclic) bond motifs is 1. The number of benzene rings is 1. The molecule has 2 aliphatic heterocycles. The number of nitrogens with one attached hydrogen (secondary N) is 2. The third kappa shape index (κ3) is 3.80. The fourth-order valence-electron chi connectivity index (χ4n) is 5.01. The molecule has 1 aromatic heterocycles. The lowest BCUT2D eigenvalue weighted by Crippen LogP contribution is -2.36. The molecule has 1 aliphatic carbocycles. The first-order chi connectivity index (χ1) is 15.7. The lowest BCUT2D eigenvalue weighted by Gasteiger charge is -2.34. The number of rotatable bonds is 5. The molecule has 3 aliphatic rings. The second-order valence-electron chi connectivity index (χ2n) is 8.84. The van der Waals surface area contributed by atoms with Gasteiger partial charge in [-0.1, -0.05) is 19.1 Å². The zero-order valence-electron chi connectivity index (χ0n) is 18.6. The van der Waals surface area contributed by atoms with Gasteiger partial charge in [0.05, 0.1) is 12.2 Å². The third-order valence-electron chi connectivity index (χ3n) is 6.59. The number of H-pyrrole nitrogens is 1. The monoisotopic (exact) mass is 434 g/mol. The first-order valence-electron chi connectivity index (χ1n) is 11.8. The number of hydrogen-bond donors (Lipinski definition) is 2. The van der Waals surface area contributed by atoms with Crippen LogP contribution < -0.4 is 20.5 Å². The van der Waals surface area contributed by atoms with Crippen molar-refractivity contribution in [2.75, 3.05) is 29.9 Å². The minimum Gasteiger partial charge on any atom is -0.494 e. The average molecular weight is 435 g/mol. The lowest BCUT2D eigenvalue weighted by atomic mass is 9.76. The van der Waals surface area contributed by atoms with Gasteiger partial charge >= 0.3 is 0 Å². The van der Waals surface area contributed by atoms with Gasteiger partial charge < -0.3 is 15.0 Å². The third-order valence-corrected chi connectivity index (χ3v) is 6.59. The Hall–Kier alpha value is -3.09. The van der Waals surface area contributed by atoms with Crippen LogP contribution in [-0.4, -0.2) is 35.4 Å². The molecule has 0 amide bonds. The van der Waals surface area contributed by atoms with E-state index >= 15 is 0 Å². The molecule has 1 fully saturated rings. The van der Waals surface area contributed by atoms with Gasteiger partial charge in [0.15, 0.2) is 5.78 Å². The van der Waals surface area contributed by atoms with Crippen molar-refractivity contribution in [2.45, 2.75) is 57.8 Å². The number of ether oxygens (including phenoxy) is 1. The number of piperidine rings is 1. The number of nitrogens with zero attached hydrogens (tertiary/aromatic N) is 2. The van der Waals surface area contributed by atoms with Gasteiger partial charge in [0, 0.05) is 36.7 Å². The Morgan fingerprint density at radius 2 is 1.84 bits per heavy atom. The van der Waals surface area contributed by atoms with E-state index in [1.807, 2.05) is 24.3 Å². The van der Waals surface area contributed by atoms with Crippen LogP contribution in [0, 0.1) is 0 Å². The highest BCUT2D eigenvalue weighted by Crippen LogP contribution is 2.43. The maximum Gasteiger partial charge on any atom is 0.258 e. The molecule has 0 radical (unpaired) electrons. The maximum atomic E-state index is 13.4. The van der Waals surface area contributed by atoms with Crippen molar-refractivity contribution >= 4 is 17.5 Å². The molecule has 0 unspecified atom stereocenters. The number of carbonyl (C=O) groups is 1. The standard InChI is InChI=1S/C25H30N4O3/c1-2-15-32-17-11-9-16(10-12-17)20-21-18(7-6-8-19(21)30)26-23-22(20)24(31)28-25(27-23)29-13-4-3-5-14-29/h9-12,20H,2-8,13-15H2,1H3,(H2,26,27,28,31)/t20-/m0/s1. The maximum absolute atomic E-state index is 13.4. The van der Waals surface area contributed by atoms with Crippen molar-refractivity contribution in [1.82, 2.24) is 9.97 Å². The van der Waals surface area contributed by atoms with Gasteiger partial charge in [-0.3, -0.25) is 14.6 Å². The first-order valence-corrected chi connectivity index (χ1v) is 11.8. The Kier molecular flexibility index (Phi) is 5.72. The van der Waals surface area contributed by atoms with Gasteiger partial charge in [-0.25, -0.2) is 0 Å². The Bertz CT molecular complexity index is 1100. The number of allylic oxidation sites excluding steroid dienone is 2.